The fourth-order valence-corrected chi connectivity index (χ4v) is 2.40. The van der Waals surface area contributed by atoms with Gasteiger partial charge in [-0.3, -0.25) is 4.99 Å². The van der Waals surface area contributed by atoms with Crippen molar-refractivity contribution in [1.82, 2.24) is 10.6 Å². The second-order valence-electron chi connectivity index (χ2n) is 4.66. The first kappa shape index (κ1) is 17.0. The summed E-state index contributed by atoms with van der Waals surface area (Å²) in [6.45, 7) is 1.82. The minimum atomic E-state index is 0.834. The minimum Gasteiger partial charge on any atom is -0.469 e. The molecule has 0 bridgehead atoms. The van der Waals surface area contributed by atoms with Crippen molar-refractivity contribution >= 4 is 17.7 Å². The second-order valence-corrected chi connectivity index (χ2v) is 5.65. The van der Waals surface area contributed by atoms with Crippen LogP contribution in [0.1, 0.15) is 31.4 Å². The molecule has 0 unspecified atom stereocenters. The Balaban J connectivity index is 1.99. The number of rotatable bonds is 10. The Morgan fingerprint density at radius 3 is 2.70 bits per heavy atom. The van der Waals surface area contributed by atoms with Crippen LogP contribution in [0.2, 0.25) is 0 Å². The van der Waals surface area contributed by atoms with Gasteiger partial charge in [-0.25, -0.2) is 0 Å². The van der Waals surface area contributed by atoms with E-state index in [1.165, 1.54) is 31.4 Å². The highest BCUT2D eigenvalue weighted by atomic mass is 32.2. The van der Waals surface area contributed by atoms with Gasteiger partial charge in [-0.15, -0.1) is 0 Å². The van der Waals surface area contributed by atoms with Gasteiger partial charge >= 0.3 is 0 Å². The standard InChI is InChI=1S/C15H27N3OS/c1-16-15(17-10-5-3-4-6-13-20-2)18-11-9-14-8-7-12-19-14/h7-8,12H,3-6,9-11,13H2,1-2H3,(H2,16,17,18). The van der Waals surface area contributed by atoms with Crippen LogP contribution < -0.4 is 10.6 Å². The second kappa shape index (κ2) is 11.7. The molecule has 0 atom stereocenters. The Bertz CT molecular complexity index is 352. The van der Waals surface area contributed by atoms with E-state index in [-0.39, 0.29) is 0 Å². The Morgan fingerprint density at radius 1 is 1.20 bits per heavy atom. The number of aliphatic imine (C=N–C) groups is 1. The lowest BCUT2D eigenvalue weighted by Gasteiger charge is -2.11. The third-order valence-electron chi connectivity index (χ3n) is 3.04. The van der Waals surface area contributed by atoms with Crippen LogP contribution in [0.4, 0.5) is 0 Å². The zero-order valence-electron chi connectivity index (χ0n) is 12.7. The van der Waals surface area contributed by atoms with E-state index in [4.69, 9.17) is 4.42 Å². The van der Waals surface area contributed by atoms with Gasteiger partial charge in [0.2, 0.25) is 0 Å². The predicted molar refractivity (Wildman–Crippen MR) is 88.6 cm³/mol. The lowest BCUT2D eigenvalue weighted by atomic mass is 10.2. The molecule has 2 N–H and O–H groups in total. The lowest BCUT2D eigenvalue weighted by molar-refractivity contribution is 0.506. The van der Waals surface area contributed by atoms with Crippen molar-refractivity contribution < 1.29 is 4.42 Å². The monoisotopic (exact) mass is 297 g/mol. The molecule has 0 spiro atoms. The van der Waals surface area contributed by atoms with E-state index >= 15 is 0 Å². The average Bonchev–Trinajstić information content (AvgIpc) is 2.97. The van der Waals surface area contributed by atoms with Crippen LogP contribution in [0.5, 0.6) is 0 Å². The van der Waals surface area contributed by atoms with Crippen LogP contribution in [0, 0.1) is 0 Å². The number of nitrogens with zero attached hydrogens (tertiary/aromatic N) is 1. The van der Waals surface area contributed by atoms with Crippen LogP contribution in [-0.2, 0) is 6.42 Å². The highest BCUT2D eigenvalue weighted by Gasteiger charge is 1.99. The van der Waals surface area contributed by atoms with Crippen LogP contribution in [0.3, 0.4) is 0 Å². The smallest absolute Gasteiger partial charge is 0.190 e. The molecule has 1 aromatic heterocycles. The number of guanidine groups is 1. The first-order chi connectivity index (χ1) is 9.86. The molecule has 1 heterocycles. The van der Waals surface area contributed by atoms with E-state index in [1.807, 2.05) is 23.9 Å². The molecule has 0 amide bonds. The van der Waals surface area contributed by atoms with Crippen molar-refractivity contribution in [3.63, 3.8) is 0 Å². The van der Waals surface area contributed by atoms with Gasteiger partial charge in [-0.1, -0.05) is 12.8 Å². The number of unbranched alkanes of at least 4 members (excludes halogenated alkanes) is 3. The van der Waals surface area contributed by atoms with Crippen LogP contribution in [0.15, 0.2) is 27.8 Å². The van der Waals surface area contributed by atoms with E-state index in [9.17, 15) is 0 Å². The van der Waals surface area contributed by atoms with Crippen LogP contribution in [-0.4, -0.2) is 38.1 Å². The molecule has 0 saturated heterocycles. The molecule has 4 nitrogen and oxygen atoms in total. The largest absolute Gasteiger partial charge is 0.469 e. The summed E-state index contributed by atoms with van der Waals surface area (Å²) in [6, 6.07) is 3.91. The highest BCUT2D eigenvalue weighted by molar-refractivity contribution is 7.98. The minimum absolute atomic E-state index is 0.834. The third kappa shape index (κ3) is 8.15. The maximum atomic E-state index is 5.29. The summed E-state index contributed by atoms with van der Waals surface area (Å²) in [4.78, 5) is 4.21. The summed E-state index contributed by atoms with van der Waals surface area (Å²) in [5, 5.41) is 6.64. The highest BCUT2D eigenvalue weighted by Crippen LogP contribution is 2.03. The average molecular weight is 297 g/mol. The van der Waals surface area contributed by atoms with Crippen molar-refractivity contribution in [2.75, 3.05) is 32.1 Å². The quantitative estimate of drug-likeness (QED) is 0.396. The van der Waals surface area contributed by atoms with Crippen molar-refractivity contribution in [3.8, 4) is 0 Å². The molecule has 0 aliphatic heterocycles. The van der Waals surface area contributed by atoms with Gasteiger partial charge < -0.3 is 15.1 Å². The van der Waals surface area contributed by atoms with Gasteiger partial charge in [0.1, 0.15) is 5.76 Å². The van der Waals surface area contributed by atoms with Gasteiger partial charge in [0.25, 0.3) is 0 Å². The molecule has 1 rings (SSSR count). The zero-order valence-corrected chi connectivity index (χ0v) is 13.5. The predicted octanol–water partition coefficient (Wildman–Crippen LogP) is 2.91. The summed E-state index contributed by atoms with van der Waals surface area (Å²) in [6.07, 6.45) is 9.90. The molecule has 0 fully saturated rings. The lowest BCUT2D eigenvalue weighted by Crippen LogP contribution is -2.38. The van der Waals surface area contributed by atoms with Crippen LogP contribution in [0.25, 0.3) is 0 Å². The Morgan fingerprint density at radius 2 is 2.00 bits per heavy atom. The van der Waals surface area contributed by atoms with Crippen molar-refractivity contribution in [2.45, 2.75) is 32.1 Å². The van der Waals surface area contributed by atoms with Gasteiger partial charge in [0.15, 0.2) is 5.96 Å². The maximum Gasteiger partial charge on any atom is 0.190 e. The molecule has 5 heteroatoms. The third-order valence-corrected chi connectivity index (χ3v) is 3.73. The molecular formula is C15H27N3OS. The summed E-state index contributed by atoms with van der Waals surface area (Å²) in [5.41, 5.74) is 0. The van der Waals surface area contributed by atoms with Crippen molar-refractivity contribution in [2.24, 2.45) is 4.99 Å². The summed E-state index contributed by atoms with van der Waals surface area (Å²) < 4.78 is 5.29. The van der Waals surface area contributed by atoms with Gasteiger partial charge in [-0.05, 0) is 37.0 Å². The molecular weight excluding hydrogens is 270 g/mol. The molecule has 0 aliphatic carbocycles. The molecule has 114 valence electrons. The summed E-state index contributed by atoms with van der Waals surface area (Å²) >= 11 is 1.93. The first-order valence-electron chi connectivity index (χ1n) is 7.32. The topological polar surface area (TPSA) is 49.6 Å². The van der Waals surface area contributed by atoms with E-state index in [0.717, 1.165) is 31.2 Å². The van der Waals surface area contributed by atoms with Gasteiger partial charge in [0, 0.05) is 26.6 Å². The molecule has 0 aromatic carbocycles. The van der Waals surface area contributed by atoms with E-state index in [2.05, 4.69) is 21.9 Å². The van der Waals surface area contributed by atoms with E-state index < -0.39 is 0 Å². The molecule has 0 saturated carbocycles. The Kier molecular flexibility index (Phi) is 9.92. The number of hydrogen-bond donors (Lipinski definition) is 2. The number of nitrogens with one attached hydrogen (secondary N) is 2. The Hall–Kier alpha value is -1.10. The Labute approximate surface area is 126 Å². The molecule has 1 aromatic rings. The van der Waals surface area contributed by atoms with Crippen LogP contribution >= 0.6 is 11.8 Å². The number of hydrogen-bond acceptors (Lipinski definition) is 3. The van der Waals surface area contributed by atoms with Gasteiger partial charge in [-0.2, -0.15) is 11.8 Å². The first-order valence-corrected chi connectivity index (χ1v) is 8.72. The SMILES string of the molecule is CN=C(NCCCCCCSC)NCCc1ccco1. The molecule has 20 heavy (non-hydrogen) atoms. The fraction of sp³-hybridized carbons (Fsp3) is 0.667. The number of thioether (sulfide) groups is 1. The fourth-order valence-electron chi connectivity index (χ4n) is 1.91. The van der Waals surface area contributed by atoms with E-state index in [1.54, 1.807) is 13.3 Å². The van der Waals surface area contributed by atoms with Crippen molar-refractivity contribution in [1.29, 1.82) is 0 Å². The zero-order chi connectivity index (χ0) is 14.5. The summed E-state index contributed by atoms with van der Waals surface area (Å²) in [7, 11) is 1.81. The molecule has 0 radical (unpaired) electrons. The van der Waals surface area contributed by atoms with Crippen molar-refractivity contribution in [3.05, 3.63) is 24.2 Å². The maximum absolute atomic E-state index is 5.29. The summed E-state index contributed by atoms with van der Waals surface area (Å²) in [5.74, 6) is 3.16. The molecule has 0 aliphatic rings. The van der Waals surface area contributed by atoms with Gasteiger partial charge in [0.05, 0.1) is 6.26 Å². The van der Waals surface area contributed by atoms with E-state index in [0.29, 0.717) is 0 Å². The normalized spacial score (nSPS) is 11.6. The number of furan rings is 1.